The van der Waals surface area contributed by atoms with Gasteiger partial charge in [-0.15, -0.1) is 11.3 Å². The molecule has 0 bridgehead atoms. The molecule has 4 rings (SSSR count). The first-order valence-electron chi connectivity index (χ1n) is 8.13. The van der Waals surface area contributed by atoms with Crippen LogP contribution in [-0.4, -0.2) is 11.7 Å². The molecule has 0 saturated heterocycles. The van der Waals surface area contributed by atoms with Crippen molar-refractivity contribution in [2.45, 2.75) is 6.92 Å². The van der Waals surface area contributed by atoms with Crippen LogP contribution >= 0.6 is 22.9 Å². The minimum atomic E-state index is -0.131. The highest BCUT2D eigenvalue weighted by molar-refractivity contribution is 7.10. The van der Waals surface area contributed by atoms with Gasteiger partial charge < -0.3 is 0 Å². The summed E-state index contributed by atoms with van der Waals surface area (Å²) >= 11 is 7.59. The molecule has 0 unspecified atom stereocenters. The summed E-state index contributed by atoms with van der Waals surface area (Å²) in [5.41, 5.74) is 3.16. The quantitative estimate of drug-likeness (QED) is 0.550. The van der Waals surface area contributed by atoms with Crippen molar-refractivity contribution in [1.82, 2.24) is 0 Å². The lowest BCUT2D eigenvalue weighted by atomic mass is 10.1. The standard InChI is InChI=1S/C21H15ClN2OS/c1-14-4-2-5-17(12-14)24-20(15-7-9-16(22)10-8-15)23-19(21(24)25)13-18-6-3-11-26-18/h2-13H,1H3/b19-13+. The lowest BCUT2D eigenvalue weighted by molar-refractivity contribution is -0.113. The van der Waals surface area contributed by atoms with Gasteiger partial charge in [0, 0.05) is 15.5 Å². The van der Waals surface area contributed by atoms with Crippen LogP contribution in [0.15, 0.2) is 76.7 Å². The topological polar surface area (TPSA) is 32.7 Å². The van der Waals surface area contributed by atoms with Crippen LogP contribution in [0.3, 0.4) is 0 Å². The van der Waals surface area contributed by atoms with Crippen molar-refractivity contribution in [3.63, 3.8) is 0 Å². The number of aryl methyl sites for hydroxylation is 1. The first kappa shape index (κ1) is 16.8. The number of carbonyl (C=O) groups excluding carboxylic acids is 1. The van der Waals surface area contributed by atoms with Crippen molar-refractivity contribution in [3.8, 4) is 0 Å². The zero-order chi connectivity index (χ0) is 18.1. The summed E-state index contributed by atoms with van der Waals surface area (Å²) < 4.78 is 0. The molecular formula is C21H15ClN2OS. The van der Waals surface area contributed by atoms with Gasteiger partial charge in [0.05, 0.1) is 5.69 Å². The Morgan fingerprint density at radius 2 is 1.88 bits per heavy atom. The fraction of sp³-hybridized carbons (Fsp3) is 0.0476. The second-order valence-corrected chi connectivity index (χ2v) is 7.38. The van der Waals surface area contributed by atoms with Gasteiger partial charge in [0.1, 0.15) is 11.5 Å². The third-order valence-electron chi connectivity index (χ3n) is 4.04. The maximum atomic E-state index is 13.1. The van der Waals surface area contributed by atoms with Crippen molar-refractivity contribution in [1.29, 1.82) is 0 Å². The molecule has 0 saturated carbocycles. The predicted octanol–water partition coefficient (Wildman–Crippen LogP) is 5.54. The smallest absolute Gasteiger partial charge is 0.266 e. The highest BCUT2D eigenvalue weighted by Gasteiger charge is 2.32. The molecule has 3 aromatic rings. The van der Waals surface area contributed by atoms with E-state index in [9.17, 15) is 4.79 Å². The number of hydrogen-bond acceptors (Lipinski definition) is 3. The molecule has 5 heteroatoms. The molecule has 1 amide bonds. The number of amides is 1. The predicted molar refractivity (Wildman–Crippen MR) is 109 cm³/mol. The second-order valence-electron chi connectivity index (χ2n) is 5.97. The average Bonchev–Trinajstić information content (AvgIpc) is 3.25. The Morgan fingerprint density at radius 1 is 1.08 bits per heavy atom. The molecule has 0 spiro atoms. The highest BCUT2D eigenvalue weighted by Crippen LogP contribution is 2.29. The number of amidine groups is 1. The minimum Gasteiger partial charge on any atom is -0.266 e. The van der Waals surface area contributed by atoms with Crippen LogP contribution in [0, 0.1) is 6.92 Å². The Labute approximate surface area is 160 Å². The SMILES string of the molecule is Cc1cccc(N2C(=O)/C(=C\c3cccs3)N=C2c2ccc(Cl)cc2)c1. The van der Waals surface area contributed by atoms with Crippen LogP contribution in [-0.2, 0) is 4.79 Å². The number of benzene rings is 2. The van der Waals surface area contributed by atoms with Crippen molar-refractivity contribution >= 4 is 46.4 Å². The van der Waals surface area contributed by atoms with E-state index in [0.717, 1.165) is 21.7 Å². The normalized spacial score (nSPS) is 15.6. The summed E-state index contributed by atoms with van der Waals surface area (Å²) in [6, 6.07) is 19.2. The Balaban J connectivity index is 1.84. The Kier molecular flexibility index (Phi) is 4.45. The van der Waals surface area contributed by atoms with E-state index in [1.165, 1.54) is 0 Å². The lowest BCUT2D eigenvalue weighted by Gasteiger charge is -2.19. The van der Waals surface area contributed by atoms with Gasteiger partial charge in [0.15, 0.2) is 0 Å². The van der Waals surface area contributed by atoms with Crippen LogP contribution in [0.5, 0.6) is 0 Å². The van der Waals surface area contributed by atoms with E-state index in [-0.39, 0.29) is 5.91 Å². The summed E-state index contributed by atoms with van der Waals surface area (Å²) in [7, 11) is 0. The number of aliphatic imine (C=N–C) groups is 1. The fourth-order valence-corrected chi connectivity index (χ4v) is 3.60. The molecule has 3 nitrogen and oxygen atoms in total. The molecule has 0 radical (unpaired) electrons. The molecule has 1 aliphatic rings. The van der Waals surface area contributed by atoms with Gasteiger partial charge in [0.25, 0.3) is 5.91 Å². The van der Waals surface area contributed by atoms with E-state index in [1.807, 2.05) is 66.9 Å². The van der Waals surface area contributed by atoms with Gasteiger partial charge in [-0.2, -0.15) is 0 Å². The van der Waals surface area contributed by atoms with E-state index in [4.69, 9.17) is 11.6 Å². The molecule has 0 aliphatic carbocycles. The zero-order valence-electron chi connectivity index (χ0n) is 14.0. The molecule has 0 atom stereocenters. The van der Waals surface area contributed by atoms with E-state index in [1.54, 1.807) is 28.4 Å². The molecule has 1 aliphatic heterocycles. The number of anilines is 1. The summed E-state index contributed by atoms with van der Waals surface area (Å²) in [6.45, 7) is 2.01. The van der Waals surface area contributed by atoms with E-state index in [0.29, 0.717) is 16.6 Å². The molecule has 2 heterocycles. The number of thiophene rings is 1. The largest absolute Gasteiger partial charge is 0.282 e. The highest BCUT2D eigenvalue weighted by atomic mass is 35.5. The van der Waals surface area contributed by atoms with Crippen LogP contribution in [0.4, 0.5) is 5.69 Å². The maximum Gasteiger partial charge on any atom is 0.282 e. The van der Waals surface area contributed by atoms with Crippen molar-refractivity contribution in [2.75, 3.05) is 4.90 Å². The summed E-state index contributed by atoms with van der Waals surface area (Å²) in [5.74, 6) is 0.481. The molecule has 26 heavy (non-hydrogen) atoms. The minimum absolute atomic E-state index is 0.131. The van der Waals surface area contributed by atoms with E-state index in [2.05, 4.69) is 4.99 Å². The van der Waals surface area contributed by atoms with Gasteiger partial charge >= 0.3 is 0 Å². The fourth-order valence-electron chi connectivity index (χ4n) is 2.82. The Bertz CT molecular complexity index is 1020. The third kappa shape index (κ3) is 3.21. The molecule has 1 aromatic heterocycles. The first-order valence-corrected chi connectivity index (χ1v) is 9.38. The van der Waals surface area contributed by atoms with Crippen LogP contribution in [0.25, 0.3) is 6.08 Å². The van der Waals surface area contributed by atoms with Crippen LogP contribution in [0.1, 0.15) is 16.0 Å². The van der Waals surface area contributed by atoms with Gasteiger partial charge in [-0.05, 0) is 66.4 Å². The molecule has 0 fully saturated rings. The van der Waals surface area contributed by atoms with E-state index >= 15 is 0 Å². The summed E-state index contributed by atoms with van der Waals surface area (Å²) in [4.78, 5) is 20.4. The monoisotopic (exact) mass is 378 g/mol. The third-order valence-corrected chi connectivity index (χ3v) is 5.12. The Hall–Kier alpha value is -2.69. The van der Waals surface area contributed by atoms with Crippen molar-refractivity contribution in [3.05, 3.63) is 92.8 Å². The van der Waals surface area contributed by atoms with Gasteiger partial charge in [0.2, 0.25) is 0 Å². The molecule has 2 aromatic carbocycles. The number of nitrogens with zero attached hydrogens (tertiary/aromatic N) is 2. The summed E-state index contributed by atoms with van der Waals surface area (Å²) in [5, 5.41) is 2.63. The zero-order valence-corrected chi connectivity index (χ0v) is 15.6. The van der Waals surface area contributed by atoms with Gasteiger partial charge in [-0.25, -0.2) is 4.99 Å². The lowest BCUT2D eigenvalue weighted by Crippen LogP contribution is -2.32. The van der Waals surface area contributed by atoms with Crippen molar-refractivity contribution < 1.29 is 4.79 Å². The number of halogens is 1. The van der Waals surface area contributed by atoms with E-state index < -0.39 is 0 Å². The van der Waals surface area contributed by atoms with Crippen molar-refractivity contribution in [2.24, 2.45) is 4.99 Å². The number of carbonyl (C=O) groups is 1. The summed E-state index contributed by atoms with van der Waals surface area (Å²) in [6.07, 6.45) is 1.83. The first-order chi connectivity index (χ1) is 12.6. The van der Waals surface area contributed by atoms with Gasteiger partial charge in [-0.3, -0.25) is 9.69 Å². The number of hydrogen-bond donors (Lipinski definition) is 0. The molecular weight excluding hydrogens is 364 g/mol. The van der Waals surface area contributed by atoms with Crippen LogP contribution in [0.2, 0.25) is 5.02 Å². The van der Waals surface area contributed by atoms with Gasteiger partial charge in [-0.1, -0.05) is 29.8 Å². The molecule has 128 valence electrons. The second kappa shape index (κ2) is 6.90. The Morgan fingerprint density at radius 3 is 2.58 bits per heavy atom. The maximum absolute atomic E-state index is 13.1. The molecule has 0 N–H and O–H groups in total. The van der Waals surface area contributed by atoms with Crippen LogP contribution < -0.4 is 4.90 Å². The average molecular weight is 379 g/mol. The number of rotatable bonds is 3.